The van der Waals surface area contributed by atoms with E-state index in [1.165, 1.54) is 144 Å². The van der Waals surface area contributed by atoms with Crippen molar-refractivity contribution in [2.24, 2.45) is 0 Å². The van der Waals surface area contributed by atoms with Crippen molar-refractivity contribution in [1.29, 1.82) is 0 Å². The lowest BCUT2D eigenvalue weighted by molar-refractivity contribution is 0.452. The van der Waals surface area contributed by atoms with E-state index in [1.54, 1.807) is 48.5 Å². The number of aromatic hydroxyl groups is 12. The van der Waals surface area contributed by atoms with Gasteiger partial charge in [0, 0.05) is 59.2 Å². The largest absolute Gasteiger partial charge is 0.507 e. The summed E-state index contributed by atoms with van der Waals surface area (Å²) in [6, 6.07) is 37.7. The van der Waals surface area contributed by atoms with Gasteiger partial charge in [0.25, 0.3) is 0 Å². The summed E-state index contributed by atoms with van der Waals surface area (Å²) < 4.78 is 50.6. The molecule has 0 radical (unpaired) electrons. The normalized spacial score (nSPS) is 11.0. The Balaban J connectivity index is 0.000000193. The standard InChI is InChI=1S/2C16H16Cl2O2S.C12H8Br2O4S.C12H6Cl4O3S.C12H8Cl2O3S.C12H8Cl2O2S/c2*1-7-5-11(19)15(9(3)13(7)17)21-16-10(4)14(18)8(2)6-12(16)20;13-7-1-3-9(15)11(5-7)19(17,18)12-6-8(14)2-4-10(12)16;13-5-1-7(15)11(17)9(3-5)20(19)10-4-6(14)2-8(16)12(10)18;13-7-1-3-9(15)11(5-7)18(17)12-6-8(14)2-4-10(12)16;13-7-1-3-9(15)11(5-7)17-12-6-8(14)2-4-10(12)16/h2*5-6,19-20H,1-4H3;1-6,15-16H;1-4,17-18H;1-6,15-16H;1-6,15-16H. The van der Waals surface area contributed by atoms with E-state index in [2.05, 4.69) is 31.9 Å². The number of phenolic OH excluding ortho intramolecular Hbond substituents is 12. The molecule has 36 heteroatoms. The third kappa shape index (κ3) is 24.6. The molecule has 0 saturated carbocycles. The fourth-order valence-corrected chi connectivity index (χ4v) is 21.1. The Hall–Kier alpha value is -6.02. The molecule has 0 heterocycles. The van der Waals surface area contributed by atoms with Gasteiger partial charge in [0.15, 0.2) is 11.5 Å². The number of rotatable bonds is 12. The monoisotopic (exact) mass is 2050 g/mol. The first-order valence-corrected chi connectivity index (χ1v) is 44.8. The number of sulfone groups is 1. The van der Waals surface area contributed by atoms with Crippen LogP contribution in [-0.2, 0) is 31.4 Å². The summed E-state index contributed by atoms with van der Waals surface area (Å²) in [5.41, 5.74) is 6.42. The molecule has 0 atom stereocenters. The van der Waals surface area contributed by atoms with Crippen LogP contribution in [0.25, 0.3) is 0 Å². The van der Waals surface area contributed by atoms with Crippen molar-refractivity contribution >= 4 is 238 Å². The van der Waals surface area contributed by atoms with Crippen LogP contribution in [0.5, 0.6) is 69.0 Å². The van der Waals surface area contributed by atoms with Crippen molar-refractivity contribution < 1.29 is 78.1 Å². The molecule has 0 aliphatic carbocycles. The van der Waals surface area contributed by atoms with Crippen molar-refractivity contribution in [3.63, 3.8) is 0 Å². The Morgan fingerprint density at radius 1 is 0.284 bits per heavy atom. The lowest BCUT2D eigenvalue weighted by Gasteiger charge is -2.15. The smallest absolute Gasteiger partial charge is 0.213 e. The third-order valence-electron chi connectivity index (χ3n) is 15.9. The van der Waals surface area contributed by atoms with E-state index in [-0.39, 0.29) is 118 Å². The fourth-order valence-electron chi connectivity index (χ4n) is 10.1. The zero-order valence-corrected chi connectivity index (χ0v) is 77.9. The van der Waals surface area contributed by atoms with E-state index in [0.717, 1.165) is 44.5 Å². The number of hydrogen-bond acceptors (Lipinski definition) is 19. The second-order valence-corrected chi connectivity index (χ2v) is 39.0. The number of aryl methyl sites for hydroxylation is 4. The van der Waals surface area contributed by atoms with Crippen molar-refractivity contribution in [2.75, 3.05) is 0 Å². The molecule has 0 fully saturated rings. The van der Waals surface area contributed by atoms with Crippen LogP contribution in [-0.4, -0.2) is 78.1 Å². The highest BCUT2D eigenvalue weighted by molar-refractivity contribution is 9.10. The maximum atomic E-state index is 12.5. The van der Waals surface area contributed by atoms with Gasteiger partial charge in [0.1, 0.15) is 67.3 Å². The summed E-state index contributed by atoms with van der Waals surface area (Å²) >= 11 is 81.4. The quantitative estimate of drug-likeness (QED) is 0.0541. The van der Waals surface area contributed by atoms with Gasteiger partial charge in [0.2, 0.25) is 9.84 Å². The molecule has 0 bridgehead atoms. The summed E-state index contributed by atoms with van der Waals surface area (Å²) in [6.07, 6.45) is 0. The van der Waals surface area contributed by atoms with Crippen LogP contribution < -0.4 is 0 Å². The topological polar surface area (TPSA) is 311 Å². The van der Waals surface area contributed by atoms with Gasteiger partial charge in [0.05, 0.1) is 80.6 Å². The van der Waals surface area contributed by atoms with Gasteiger partial charge in [-0.1, -0.05) is 206 Å². The summed E-state index contributed by atoms with van der Waals surface area (Å²) in [7, 11) is -7.71. The van der Waals surface area contributed by atoms with Gasteiger partial charge in [-0.15, -0.1) is 0 Å². The Bertz CT molecular complexity index is 5490. The fraction of sp³-hybridized carbons (Fsp3) is 0.100. The lowest BCUT2D eigenvalue weighted by Crippen LogP contribution is -2.03. The predicted molar refractivity (Wildman–Crippen MR) is 478 cm³/mol. The highest BCUT2D eigenvalue weighted by Crippen LogP contribution is 2.51. The summed E-state index contributed by atoms with van der Waals surface area (Å²) in [4.78, 5) is 3.27. The molecule has 0 amide bonds. The first-order chi connectivity index (χ1) is 54.1. The number of benzene rings is 12. The molecule has 0 unspecified atom stereocenters. The Kier molecular flexibility index (Phi) is 35.5. The molecule has 16 nitrogen and oxygen atoms in total. The van der Waals surface area contributed by atoms with Gasteiger partial charge in [-0.3, -0.25) is 0 Å². The van der Waals surface area contributed by atoms with E-state index >= 15 is 0 Å². The number of halogens is 14. The Morgan fingerprint density at radius 3 is 0.828 bits per heavy atom. The van der Waals surface area contributed by atoms with Gasteiger partial charge in [-0.2, -0.15) is 0 Å². The molecular weight excluding hydrogens is 1990 g/mol. The average molecular weight is 2060 g/mol. The highest BCUT2D eigenvalue weighted by Gasteiger charge is 2.27. The van der Waals surface area contributed by atoms with E-state index in [0.29, 0.717) is 78.5 Å². The van der Waals surface area contributed by atoms with Crippen LogP contribution in [0.3, 0.4) is 0 Å². The van der Waals surface area contributed by atoms with Crippen molar-refractivity contribution in [3.05, 3.63) is 271 Å². The van der Waals surface area contributed by atoms with Crippen molar-refractivity contribution in [1.82, 2.24) is 0 Å². The van der Waals surface area contributed by atoms with E-state index in [4.69, 9.17) is 139 Å². The van der Waals surface area contributed by atoms with Crippen LogP contribution in [0.1, 0.15) is 44.5 Å². The Labute approximate surface area is 762 Å². The second kappa shape index (κ2) is 42.5. The van der Waals surface area contributed by atoms with E-state index < -0.39 is 31.4 Å². The molecule has 0 aliphatic rings. The van der Waals surface area contributed by atoms with Gasteiger partial charge in [-0.25, -0.2) is 16.8 Å². The first kappa shape index (κ1) is 97.1. The molecule has 12 aromatic carbocycles. The zero-order chi connectivity index (χ0) is 86.7. The number of phenols is 12. The molecule has 0 aliphatic heterocycles. The third-order valence-corrected chi connectivity index (χ3v) is 29.9. The van der Waals surface area contributed by atoms with E-state index in [9.17, 15) is 78.1 Å². The molecule has 12 rings (SSSR count). The minimum absolute atomic E-state index is 0.0452. The highest BCUT2D eigenvalue weighted by atomic mass is 79.9. The molecule has 116 heavy (non-hydrogen) atoms. The molecule has 0 spiro atoms. The molecule has 12 N–H and O–H groups in total. The second-order valence-electron chi connectivity index (χ2n) is 24.4. The first-order valence-electron chi connectivity index (χ1n) is 32.5. The summed E-state index contributed by atoms with van der Waals surface area (Å²) in [6.45, 7) is 14.8. The zero-order valence-electron chi connectivity index (χ0n) is 60.8. The molecule has 0 aromatic heterocycles. The van der Waals surface area contributed by atoms with Gasteiger partial charge < -0.3 is 61.3 Å². The molecule has 12 aromatic rings. The molecular formula is C80H62Br2Cl12O16S6. The van der Waals surface area contributed by atoms with Crippen LogP contribution in [0.2, 0.25) is 60.3 Å². The minimum atomic E-state index is -4.01. The Morgan fingerprint density at radius 2 is 0.534 bits per heavy atom. The average Bonchev–Trinajstić information content (AvgIpc) is 0.786. The van der Waals surface area contributed by atoms with Gasteiger partial charge >= 0.3 is 0 Å². The van der Waals surface area contributed by atoms with E-state index in [1.807, 2.05) is 55.4 Å². The van der Waals surface area contributed by atoms with Crippen molar-refractivity contribution in [2.45, 2.75) is 114 Å². The molecule has 612 valence electrons. The van der Waals surface area contributed by atoms with Crippen LogP contribution >= 0.6 is 206 Å². The van der Waals surface area contributed by atoms with Gasteiger partial charge in [-0.05, 0) is 258 Å². The van der Waals surface area contributed by atoms with Crippen molar-refractivity contribution in [3.8, 4) is 69.0 Å². The van der Waals surface area contributed by atoms with Crippen LogP contribution in [0, 0.1) is 55.4 Å². The SMILES string of the molecule is Cc1cc(O)c(Sc2c(O)cc(C)c(Cl)c2C)c(C)c1Cl.Cc1cc(O)c(Sc2c(O)cc(C)c(Cl)c2C)c(C)c1Cl.O=S(=O)(c1cc(Br)ccc1O)c1cc(Br)ccc1O.O=S(c1cc(Cl)cc(Cl)c1O)c1cc(Cl)cc(Cl)c1O.O=S(c1cc(Cl)ccc1O)c1cc(Cl)ccc1O.Oc1ccc(Cl)cc1Sc1cc(Cl)ccc1O. The summed E-state index contributed by atoms with van der Waals surface area (Å²) in [5.74, 6) is -1.01. The number of hydrogen-bond donors (Lipinski definition) is 12. The maximum Gasteiger partial charge on any atom is 0.213 e. The van der Waals surface area contributed by atoms with Crippen LogP contribution in [0.15, 0.2) is 225 Å². The lowest BCUT2D eigenvalue weighted by atomic mass is 10.1. The molecule has 0 saturated heterocycles. The summed E-state index contributed by atoms with van der Waals surface area (Å²) in [5, 5.41) is 123. The predicted octanol–water partition coefficient (Wildman–Crippen LogP) is 28.0. The maximum absolute atomic E-state index is 12.5. The van der Waals surface area contributed by atoms with Crippen LogP contribution in [0.4, 0.5) is 0 Å². The minimum Gasteiger partial charge on any atom is -0.507 e.